The maximum Gasteiger partial charge on any atom is 0.311 e. The summed E-state index contributed by atoms with van der Waals surface area (Å²) in [7, 11) is 1.94. The third kappa shape index (κ3) is 4.44. The molecule has 1 aliphatic heterocycles. The molecule has 2 rings (SSSR count). The third-order valence-corrected chi connectivity index (χ3v) is 4.41. The average Bonchev–Trinajstić information content (AvgIpc) is 2.60. The highest BCUT2D eigenvalue weighted by atomic mass is 16.6. The number of amides is 1. The molecule has 0 radical (unpaired) electrons. The maximum absolute atomic E-state index is 12.6. The highest BCUT2D eigenvalue weighted by molar-refractivity contribution is 5.95. The predicted molar refractivity (Wildman–Crippen MR) is 91.4 cm³/mol. The number of ether oxygens (including phenoxy) is 1. The minimum atomic E-state index is -0.508. The van der Waals surface area contributed by atoms with Crippen LogP contribution < -0.4 is 10.1 Å². The van der Waals surface area contributed by atoms with Crippen LogP contribution in [0.1, 0.15) is 36.5 Å². The summed E-state index contributed by atoms with van der Waals surface area (Å²) in [6.07, 6.45) is 3.08. The molecule has 0 unspecified atom stereocenters. The molecule has 0 aromatic heterocycles. The van der Waals surface area contributed by atoms with Gasteiger partial charge in [0.25, 0.3) is 5.91 Å². The number of nitro benzene ring substituents is 1. The van der Waals surface area contributed by atoms with Crippen LogP contribution >= 0.6 is 0 Å². The van der Waals surface area contributed by atoms with E-state index >= 15 is 0 Å². The van der Waals surface area contributed by atoms with Crippen molar-refractivity contribution in [2.45, 2.75) is 26.2 Å². The van der Waals surface area contributed by atoms with Crippen molar-refractivity contribution in [1.29, 1.82) is 0 Å². The molecule has 1 heterocycles. The zero-order chi connectivity index (χ0) is 17.5. The summed E-state index contributed by atoms with van der Waals surface area (Å²) in [5, 5.41) is 14.3. The van der Waals surface area contributed by atoms with Crippen LogP contribution in [0.25, 0.3) is 0 Å². The summed E-state index contributed by atoms with van der Waals surface area (Å²) in [5.74, 6) is 0.689. The Morgan fingerprint density at radius 1 is 1.42 bits per heavy atom. The van der Waals surface area contributed by atoms with Crippen LogP contribution in [0.3, 0.4) is 0 Å². The molecule has 132 valence electrons. The van der Waals surface area contributed by atoms with E-state index in [-0.39, 0.29) is 17.3 Å². The normalized spacial score (nSPS) is 15.3. The zero-order valence-electron chi connectivity index (χ0n) is 14.3. The molecule has 0 saturated carbocycles. The standard InChI is InChI=1S/C17H25N3O4/c1-3-24-16-5-4-14(12-15(16)20(22)23)17(21)19-10-7-13(8-11-19)6-9-18-2/h4-5,12-13,18H,3,6-11H2,1-2H3. The Bertz CT molecular complexity index is 583. The van der Waals surface area contributed by atoms with Gasteiger partial charge >= 0.3 is 5.69 Å². The van der Waals surface area contributed by atoms with Crippen molar-refractivity contribution < 1.29 is 14.5 Å². The molecule has 1 aromatic rings. The van der Waals surface area contributed by atoms with Crippen molar-refractivity contribution in [2.24, 2.45) is 5.92 Å². The second-order valence-electron chi connectivity index (χ2n) is 6.00. The molecule has 7 heteroatoms. The molecule has 1 fully saturated rings. The average molecular weight is 335 g/mol. The van der Waals surface area contributed by atoms with Gasteiger partial charge in [-0.3, -0.25) is 14.9 Å². The predicted octanol–water partition coefficient (Wildman–Crippen LogP) is 2.46. The van der Waals surface area contributed by atoms with Gasteiger partial charge in [0.15, 0.2) is 5.75 Å². The van der Waals surface area contributed by atoms with Gasteiger partial charge in [0.2, 0.25) is 0 Å². The Hall–Kier alpha value is -2.15. The van der Waals surface area contributed by atoms with E-state index in [1.165, 1.54) is 12.1 Å². The van der Waals surface area contributed by atoms with Crippen LogP contribution in [0.5, 0.6) is 5.75 Å². The molecular weight excluding hydrogens is 310 g/mol. The number of hydrogen-bond donors (Lipinski definition) is 1. The summed E-state index contributed by atoms with van der Waals surface area (Å²) in [4.78, 5) is 25.1. The van der Waals surface area contributed by atoms with E-state index in [4.69, 9.17) is 4.74 Å². The highest BCUT2D eigenvalue weighted by Gasteiger charge is 2.25. The second kappa shape index (κ2) is 8.63. The summed E-state index contributed by atoms with van der Waals surface area (Å²) < 4.78 is 5.26. The molecule has 0 aliphatic carbocycles. The number of nitro groups is 1. The van der Waals surface area contributed by atoms with E-state index < -0.39 is 4.92 Å². The Morgan fingerprint density at radius 2 is 2.12 bits per heavy atom. The summed E-state index contributed by atoms with van der Waals surface area (Å²) in [5.41, 5.74) is 0.186. The van der Waals surface area contributed by atoms with Gasteiger partial charge in [-0.05, 0) is 57.8 Å². The lowest BCUT2D eigenvalue weighted by molar-refractivity contribution is -0.385. The van der Waals surface area contributed by atoms with Crippen molar-refractivity contribution in [3.05, 3.63) is 33.9 Å². The Morgan fingerprint density at radius 3 is 2.71 bits per heavy atom. The quantitative estimate of drug-likeness (QED) is 0.611. The number of rotatable bonds is 7. The largest absolute Gasteiger partial charge is 0.487 e. The van der Waals surface area contributed by atoms with Gasteiger partial charge in [0.1, 0.15) is 0 Å². The molecule has 1 aromatic carbocycles. The topological polar surface area (TPSA) is 84.7 Å². The van der Waals surface area contributed by atoms with Gasteiger partial charge < -0.3 is 15.0 Å². The van der Waals surface area contributed by atoms with Gasteiger partial charge in [0.05, 0.1) is 11.5 Å². The number of likely N-dealkylation sites (tertiary alicyclic amines) is 1. The molecule has 1 saturated heterocycles. The number of hydrogen-bond acceptors (Lipinski definition) is 5. The van der Waals surface area contributed by atoms with Gasteiger partial charge in [-0.15, -0.1) is 0 Å². The van der Waals surface area contributed by atoms with Crippen LogP contribution in [0, 0.1) is 16.0 Å². The van der Waals surface area contributed by atoms with Crippen LogP contribution in [-0.2, 0) is 0 Å². The Kier molecular flexibility index (Phi) is 6.54. The van der Waals surface area contributed by atoms with E-state index in [1.54, 1.807) is 17.9 Å². The van der Waals surface area contributed by atoms with Crippen molar-refractivity contribution in [3.63, 3.8) is 0 Å². The van der Waals surface area contributed by atoms with Crippen molar-refractivity contribution >= 4 is 11.6 Å². The Balaban J connectivity index is 2.05. The Labute approximate surface area is 142 Å². The summed E-state index contributed by atoms with van der Waals surface area (Å²) in [6, 6.07) is 4.43. The smallest absolute Gasteiger partial charge is 0.311 e. The SMILES string of the molecule is CCOc1ccc(C(=O)N2CCC(CCNC)CC2)cc1[N+](=O)[O-]. The lowest BCUT2D eigenvalue weighted by Gasteiger charge is -2.32. The van der Waals surface area contributed by atoms with Gasteiger partial charge in [-0.2, -0.15) is 0 Å². The minimum absolute atomic E-state index is 0.145. The first kappa shape index (κ1) is 18.2. The third-order valence-electron chi connectivity index (χ3n) is 4.41. The summed E-state index contributed by atoms with van der Waals surface area (Å²) >= 11 is 0. The van der Waals surface area contributed by atoms with E-state index in [0.29, 0.717) is 31.2 Å². The molecule has 0 spiro atoms. The van der Waals surface area contributed by atoms with Crippen LogP contribution in [0.15, 0.2) is 18.2 Å². The highest BCUT2D eigenvalue weighted by Crippen LogP contribution is 2.29. The van der Waals surface area contributed by atoms with Gasteiger partial charge in [-0.25, -0.2) is 0 Å². The fourth-order valence-electron chi connectivity index (χ4n) is 3.03. The van der Waals surface area contributed by atoms with E-state index in [2.05, 4.69) is 5.32 Å². The lowest BCUT2D eigenvalue weighted by Crippen LogP contribution is -2.39. The maximum atomic E-state index is 12.6. The van der Waals surface area contributed by atoms with E-state index in [9.17, 15) is 14.9 Å². The molecule has 0 atom stereocenters. The monoisotopic (exact) mass is 335 g/mol. The van der Waals surface area contributed by atoms with Crippen molar-refractivity contribution in [1.82, 2.24) is 10.2 Å². The first-order valence-corrected chi connectivity index (χ1v) is 8.42. The zero-order valence-corrected chi connectivity index (χ0v) is 14.3. The molecule has 0 bridgehead atoms. The lowest BCUT2D eigenvalue weighted by atomic mass is 9.93. The van der Waals surface area contributed by atoms with E-state index in [1.807, 2.05) is 7.05 Å². The molecule has 24 heavy (non-hydrogen) atoms. The van der Waals surface area contributed by atoms with Crippen molar-refractivity contribution in [2.75, 3.05) is 33.3 Å². The van der Waals surface area contributed by atoms with Crippen LogP contribution in [-0.4, -0.2) is 49.0 Å². The van der Waals surface area contributed by atoms with Crippen LogP contribution in [0.4, 0.5) is 5.69 Å². The minimum Gasteiger partial charge on any atom is -0.487 e. The molecule has 1 N–H and O–H groups in total. The van der Waals surface area contributed by atoms with Crippen molar-refractivity contribution in [3.8, 4) is 5.75 Å². The fourth-order valence-corrected chi connectivity index (χ4v) is 3.03. The van der Waals surface area contributed by atoms with Gasteiger partial charge in [-0.1, -0.05) is 0 Å². The molecule has 1 amide bonds. The second-order valence-corrected chi connectivity index (χ2v) is 6.00. The van der Waals surface area contributed by atoms with E-state index in [0.717, 1.165) is 25.8 Å². The summed E-state index contributed by atoms with van der Waals surface area (Å²) in [6.45, 7) is 4.50. The number of piperidine rings is 1. The number of carbonyl (C=O) groups is 1. The molecule has 7 nitrogen and oxygen atoms in total. The number of benzene rings is 1. The van der Waals surface area contributed by atoms with Gasteiger partial charge in [0, 0.05) is 24.7 Å². The molecule has 1 aliphatic rings. The fraction of sp³-hybridized carbons (Fsp3) is 0.588. The number of carbonyl (C=O) groups excluding carboxylic acids is 1. The molecular formula is C17H25N3O4. The first-order chi connectivity index (χ1) is 11.6. The number of nitrogens with one attached hydrogen (secondary N) is 1. The van der Waals surface area contributed by atoms with Crippen LogP contribution in [0.2, 0.25) is 0 Å². The first-order valence-electron chi connectivity index (χ1n) is 8.42. The number of nitrogens with zero attached hydrogens (tertiary/aromatic N) is 2.